The molecule has 3 heteroatoms. The minimum absolute atomic E-state index is 0.831. The van der Waals surface area contributed by atoms with Gasteiger partial charge in [0.1, 0.15) is 11.5 Å². The van der Waals surface area contributed by atoms with Crippen molar-refractivity contribution in [2.24, 2.45) is 0 Å². The Labute approximate surface area is 313 Å². The number of hydrogen-bond acceptors (Lipinski definition) is 2. The number of methoxy groups -OCH3 is 2. The van der Waals surface area contributed by atoms with Crippen LogP contribution in [0.1, 0.15) is 32.6 Å². The molecule has 0 aliphatic carbocycles. The van der Waals surface area contributed by atoms with Gasteiger partial charge in [-0.1, -0.05) is 135 Å². The van der Waals surface area contributed by atoms with Crippen molar-refractivity contribution in [1.29, 1.82) is 0 Å². The molecule has 0 unspecified atom stereocenters. The van der Waals surface area contributed by atoms with Gasteiger partial charge in [0.2, 0.25) is 0 Å². The van der Waals surface area contributed by atoms with Crippen LogP contribution in [0.25, 0.3) is 77.4 Å². The van der Waals surface area contributed by atoms with Crippen molar-refractivity contribution in [3.05, 3.63) is 158 Å². The third-order valence-electron chi connectivity index (χ3n) is 10.6. The third kappa shape index (κ3) is 6.60. The zero-order chi connectivity index (χ0) is 36.1. The van der Waals surface area contributed by atoms with Gasteiger partial charge in [0, 0.05) is 28.4 Å². The highest BCUT2D eigenvalue weighted by Crippen LogP contribution is 2.51. The van der Waals surface area contributed by atoms with Crippen LogP contribution >= 0.6 is 0 Å². The zero-order valence-corrected chi connectivity index (χ0v) is 30.8. The van der Waals surface area contributed by atoms with Crippen LogP contribution in [0.2, 0.25) is 0 Å². The topological polar surface area (TPSA) is 23.4 Å². The van der Waals surface area contributed by atoms with E-state index in [4.69, 9.17) is 9.47 Å². The van der Waals surface area contributed by atoms with Crippen LogP contribution in [0.15, 0.2) is 158 Å². The molecule has 0 aliphatic rings. The standard InChI is InChI=1S/C50H45NO2/c1-4-5-6-15-32-51-46-21-14-13-20-42(46)45-33-39(26-31-47(45)51)44-34-43(35-16-9-7-10-17-35)49(37-22-27-40(52-2)28-23-37)50(38-24-29-41(53-3)30-25-38)48(44)36-18-11-8-12-19-36/h7-14,16-31,33-34H,4-6,15,32H2,1-3H3. The number of unbranched alkanes of at least 4 members (excludes halogenated alkanes) is 3. The van der Waals surface area contributed by atoms with Crippen molar-refractivity contribution < 1.29 is 9.47 Å². The van der Waals surface area contributed by atoms with Gasteiger partial charge in [-0.3, -0.25) is 0 Å². The zero-order valence-electron chi connectivity index (χ0n) is 30.8. The molecule has 0 N–H and O–H groups in total. The minimum atomic E-state index is 0.831. The lowest BCUT2D eigenvalue weighted by Crippen LogP contribution is -1.99. The van der Waals surface area contributed by atoms with E-state index in [0.29, 0.717) is 0 Å². The lowest BCUT2D eigenvalue weighted by Gasteiger charge is -2.25. The van der Waals surface area contributed by atoms with Gasteiger partial charge in [0.05, 0.1) is 14.2 Å². The van der Waals surface area contributed by atoms with Gasteiger partial charge in [0.15, 0.2) is 0 Å². The average molecular weight is 692 g/mol. The highest BCUT2D eigenvalue weighted by atomic mass is 16.5. The van der Waals surface area contributed by atoms with E-state index < -0.39 is 0 Å². The van der Waals surface area contributed by atoms with Gasteiger partial charge < -0.3 is 14.0 Å². The summed E-state index contributed by atoms with van der Waals surface area (Å²) in [4.78, 5) is 0. The highest BCUT2D eigenvalue weighted by molar-refractivity contribution is 6.12. The van der Waals surface area contributed by atoms with Crippen LogP contribution < -0.4 is 9.47 Å². The molecule has 7 aromatic carbocycles. The van der Waals surface area contributed by atoms with Crippen molar-refractivity contribution in [2.45, 2.75) is 39.2 Å². The second kappa shape index (κ2) is 15.3. The Morgan fingerprint density at radius 3 is 1.55 bits per heavy atom. The number of rotatable bonds is 12. The summed E-state index contributed by atoms with van der Waals surface area (Å²) in [6, 6.07) is 57.1. The summed E-state index contributed by atoms with van der Waals surface area (Å²) in [6.45, 7) is 3.30. The molecule has 53 heavy (non-hydrogen) atoms. The van der Waals surface area contributed by atoms with E-state index in [-0.39, 0.29) is 0 Å². The van der Waals surface area contributed by atoms with Gasteiger partial charge >= 0.3 is 0 Å². The highest BCUT2D eigenvalue weighted by Gasteiger charge is 2.24. The van der Waals surface area contributed by atoms with Gasteiger partial charge in [-0.25, -0.2) is 0 Å². The second-order valence-corrected chi connectivity index (χ2v) is 13.7. The van der Waals surface area contributed by atoms with Crippen LogP contribution in [0.4, 0.5) is 0 Å². The van der Waals surface area contributed by atoms with Crippen LogP contribution in [0.3, 0.4) is 0 Å². The molecule has 262 valence electrons. The van der Waals surface area contributed by atoms with Crippen LogP contribution in [0.5, 0.6) is 11.5 Å². The Morgan fingerprint density at radius 2 is 0.925 bits per heavy atom. The molecule has 8 aromatic rings. The molecule has 0 atom stereocenters. The monoisotopic (exact) mass is 691 g/mol. The molecule has 0 aliphatic heterocycles. The number of fused-ring (bicyclic) bond motifs is 3. The Balaban J connectivity index is 1.47. The van der Waals surface area contributed by atoms with Crippen LogP contribution in [-0.4, -0.2) is 18.8 Å². The number of aryl methyl sites for hydroxylation is 1. The van der Waals surface area contributed by atoms with Crippen LogP contribution in [0, 0.1) is 0 Å². The maximum atomic E-state index is 5.65. The molecule has 1 aromatic heterocycles. The first-order valence-corrected chi connectivity index (χ1v) is 18.8. The van der Waals surface area contributed by atoms with Crippen molar-refractivity contribution in [3.63, 3.8) is 0 Å². The SMILES string of the molecule is CCCCCCn1c2ccccc2c2cc(-c3cc(-c4ccccc4)c(-c4ccc(OC)cc4)c(-c4ccc(OC)cc4)c3-c3ccccc3)ccc21. The summed E-state index contributed by atoms with van der Waals surface area (Å²) in [7, 11) is 3.44. The maximum absolute atomic E-state index is 5.65. The minimum Gasteiger partial charge on any atom is -0.497 e. The molecule has 0 saturated carbocycles. The van der Waals surface area contributed by atoms with Gasteiger partial charge in [0.25, 0.3) is 0 Å². The molecule has 0 radical (unpaired) electrons. The summed E-state index contributed by atoms with van der Waals surface area (Å²) in [5.74, 6) is 1.66. The Morgan fingerprint density at radius 1 is 0.415 bits per heavy atom. The van der Waals surface area contributed by atoms with Crippen molar-refractivity contribution in [3.8, 4) is 67.1 Å². The Hall–Kier alpha value is -6.06. The number of hydrogen-bond donors (Lipinski definition) is 0. The molecule has 0 fully saturated rings. The summed E-state index contributed by atoms with van der Waals surface area (Å²) in [5, 5.41) is 2.59. The van der Waals surface area contributed by atoms with Crippen molar-refractivity contribution in [1.82, 2.24) is 4.57 Å². The molecular weight excluding hydrogens is 647 g/mol. The van der Waals surface area contributed by atoms with Crippen LogP contribution in [-0.2, 0) is 6.54 Å². The Bertz CT molecular complexity index is 2480. The van der Waals surface area contributed by atoms with E-state index in [0.717, 1.165) is 29.2 Å². The fourth-order valence-corrected chi connectivity index (χ4v) is 7.92. The normalized spacial score (nSPS) is 11.3. The number of para-hydroxylation sites is 1. The number of aromatic nitrogens is 1. The van der Waals surface area contributed by atoms with Crippen molar-refractivity contribution >= 4 is 21.8 Å². The molecule has 1 heterocycles. The van der Waals surface area contributed by atoms with E-state index in [1.165, 1.54) is 92.0 Å². The first-order valence-electron chi connectivity index (χ1n) is 18.8. The summed E-state index contributed by atoms with van der Waals surface area (Å²) in [6.07, 6.45) is 4.94. The third-order valence-corrected chi connectivity index (χ3v) is 10.6. The van der Waals surface area contributed by atoms with Crippen molar-refractivity contribution in [2.75, 3.05) is 14.2 Å². The Kier molecular flexibility index (Phi) is 9.81. The first kappa shape index (κ1) is 34.0. The molecule has 0 spiro atoms. The lowest BCUT2D eigenvalue weighted by molar-refractivity contribution is 0.414. The summed E-state index contributed by atoms with van der Waals surface area (Å²) < 4.78 is 13.8. The average Bonchev–Trinajstić information content (AvgIpc) is 3.55. The summed E-state index contributed by atoms with van der Waals surface area (Å²) >= 11 is 0. The maximum Gasteiger partial charge on any atom is 0.118 e. The molecule has 3 nitrogen and oxygen atoms in total. The fourth-order valence-electron chi connectivity index (χ4n) is 7.92. The largest absolute Gasteiger partial charge is 0.497 e. The van der Waals surface area contributed by atoms with Gasteiger partial charge in [-0.15, -0.1) is 0 Å². The second-order valence-electron chi connectivity index (χ2n) is 13.7. The predicted octanol–water partition coefficient (Wildman–Crippen LogP) is 13.7. The quantitative estimate of drug-likeness (QED) is 0.119. The van der Waals surface area contributed by atoms with Gasteiger partial charge in [-0.2, -0.15) is 0 Å². The number of benzene rings is 7. The summed E-state index contributed by atoms with van der Waals surface area (Å²) in [5.41, 5.74) is 14.3. The number of nitrogens with zero attached hydrogens (tertiary/aromatic N) is 1. The predicted molar refractivity (Wildman–Crippen MR) is 224 cm³/mol. The van der Waals surface area contributed by atoms with E-state index >= 15 is 0 Å². The molecule has 8 rings (SSSR count). The lowest BCUT2D eigenvalue weighted by atomic mass is 9.78. The fraction of sp³-hybridized carbons (Fsp3) is 0.160. The first-order chi connectivity index (χ1) is 26.2. The van der Waals surface area contributed by atoms with E-state index in [1.54, 1.807) is 14.2 Å². The van der Waals surface area contributed by atoms with E-state index in [2.05, 4.69) is 169 Å². The van der Waals surface area contributed by atoms with E-state index in [9.17, 15) is 0 Å². The molecule has 0 bridgehead atoms. The molecule has 0 saturated heterocycles. The molecular formula is C50H45NO2. The smallest absolute Gasteiger partial charge is 0.118 e. The molecule has 0 amide bonds. The van der Waals surface area contributed by atoms with Gasteiger partial charge in [-0.05, 0) is 111 Å². The van der Waals surface area contributed by atoms with E-state index in [1.807, 2.05) is 0 Å². The number of ether oxygens (including phenoxy) is 2.